The summed E-state index contributed by atoms with van der Waals surface area (Å²) < 4.78 is 2.24. The van der Waals surface area contributed by atoms with E-state index in [-0.39, 0.29) is 11.1 Å². The highest BCUT2D eigenvalue weighted by Gasteiger charge is 2.15. The predicted molar refractivity (Wildman–Crippen MR) is 126 cm³/mol. The molecule has 4 rings (SSSR count). The zero-order valence-electron chi connectivity index (χ0n) is 17.2. The third-order valence-corrected chi connectivity index (χ3v) is 5.42. The van der Waals surface area contributed by atoms with Gasteiger partial charge in [0.1, 0.15) is 11.6 Å². The second-order valence-electron chi connectivity index (χ2n) is 7.10. The molecule has 3 aromatic carbocycles. The molecule has 6 nitrogen and oxygen atoms in total. The summed E-state index contributed by atoms with van der Waals surface area (Å²) in [6.45, 7) is 2.95. The van der Waals surface area contributed by atoms with Crippen LogP contribution in [0.4, 0.5) is 5.69 Å². The van der Waals surface area contributed by atoms with E-state index in [1.54, 1.807) is 12.1 Å². The van der Waals surface area contributed by atoms with E-state index < -0.39 is 11.8 Å². The number of amides is 2. The van der Waals surface area contributed by atoms with Gasteiger partial charge in [0.05, 0.1) is 0 Å². The molecule has 0 aliphatic rings. The molecule has 0 atom stereocenters. The minimum Gasteiger partial charge on any atom is -0.360 e. The number of carbonyl (C=O) groups excluding carboxylic acids is 2. The molecule has 4 aromatic rings. The molecule has 0 fully saturated rings. The zero-order chi connectivity index (χ0) is 22.7. The van der Waals surface area contributed by atoms with Crippen LogP contribution in [-0.2, 0) is 11.3 Å². The van der Waals surface area contributed by atoms with Crippen LogP contribution in [-0.4, -0.2) is 16.4 Å². The minimum absolute atomic E-state index is 0.219. The number of halogens is 1. The highest BCUT2D eigenvalue weighted by molar-refractivity contribution is 6.30. The van der Waals surface area contributed by atoms with E-state index in [0.29, 0.717) is 5.02 Å². The fourth-order valence-electron chi connectivity index (χ4n) is 3.63. The van der Waals surface area contributed by atoms with Crippen molar-refractivity contribution in [3.05, 3.63) is 89.1 Å². The third kappa shape index (κ3) is 4.07. The number of nitrogens with one attached hydrogen (secondary N) is 2. The number of fused-ring (bicyclic) bond motifs is 3. The zero-order valence-corrected chi connectivity index (χ0v) is 18.0. The van der Waals surface area contributed by atoms with Crippen molar-refractivity contribution in [1.29, 1.82) is 5.26 Å². The molecule has 2 N–H and O–H groups in total. The molecule has 0 aliphatic carbocycles. The first-order valence-corrected chi connectivity index (χ1v) is 10.4. The molecule has 0 spiro atoms. The number of aromatic nitrogens is 1. The maximum Gasteiger partial charge on any atom is 0.270 e. The van der Waals surface area contributed by atoms with Crippen molar-refractivity contribution in [2.24, 2.45) is 0 Å². The number of rotatable bonds is 5. The summed E-state index contributed by atoms with van der Waals surface area (Å²) in [4.78, 5) is 24.6. The van der Waals surface area contributed by atoms with E-state index in [2.05, 4.69) is 34.3 Å². The Balaban J connectivity index is 1.56. The van der Waals surface area contributed by atoms with Crippen LogP contribution in [0.2, 0.25) is 5.02 Å². The fourth-order valence-corrected chi connectivity index (χ4v) is 3.76. The van der Waals surface area contributed by atoms with Crippen molar-refractivity contribution in [2.45, 2.75) is 13.5 Å². The first-order valence-electron chi connectivity index (χ1n) is 10.0. The number of imide groups is 1. The maximum absolute atomic E-state index is 12.4. The van der Waals surface area contributed by atoms with Gasteiger partial charge in [-0.15, -0.1) is 0 Å². The molecule has 0 saturated carbocycles. The molecule has 2 amide bonds. The first-order chi connectivity index (χ1) is 15.5. The highest BCUT2D eigenvalue weighted by Crippen LogP contribution is 2.31. The molecule has 7 heteroatoms. The molecule has 0 aliphatic heterocycles. The summed E-state index contributed by atoms with van der Waals surface area (Å²) in [5.41, 5.74) is 3.03. The van der Waals surface area contributed by atoms with Crippen molar-refractivity contribution in [3.8, 4) is 6.07 Å². The SMILES string of the molecule is CCn1c2ccccc2c2cc(N/C=C(\C#N)C(=O)NC(=O)c3ccc(Cl)cc3)ccc21. The fraction of sp³-hybridized carbons (Fsp3) is 0.0800. The van der Waals surface area contributed by atoms with Crippen LogP contribution in [0.3, 0.4) is 0 Å². The molecule has 0 saturated heterocycles. The predicted octanol–water partition coefficient (Wildman–Crippen LogP) is 5.24. The van der Waals surface area contributed by atoms with E-state index in [4.69, 9.17) is 11.6 Å². The molecular weight excluding hydrogens is 424 g/mol. The number of benzene rings is 3. The van der Waals surface area contributed by atoms with Gasteiger partial charge in [-0.2, -0.15) is 5.26 Å². The number of nitriles is 1. The van der Waals surface area contributed by atoms with Crippen LogP contribution >= 0.6 is 11.6 Å². The van der Waals surface area contributed by atoms with Gasteiger partial charge in [0.2, 0.25) is 0 Å². The molecule has 0 radical (unpaired) electrons. The Bertz CT molecular complexity index is 1410. The van der Waals surface area contributed by atoms with Crippen LogP contribution in [0.1, 0.15) is 17.3 Å². The van der Waals surface area contributed by atoms with Crippen molar-refractivity contribution in [2.75, 3.05) is 5.32 Å². The largest absolute Gasteiger partial charge is 0.360 e. The second-order valence-corrected chi connectivity index (χ2v) is 7.53. The van der Waals surface area contributed by atoms with E-state index >= 15 is 0 Å². The van der Waals surface area contributed by atoms with E-state index in [0.717, 1.165) is 34.0 Å². The van der Waals surface area contributed by atoms with Crippen molar-refractivity contribution in [1.82, 2.24) is 9.88 Å². The number of hydrogen-bond donors (Lipinski definition) is 2. The van der Waals surface area contributed by atoms with Crippen LogP contribution < -0.4 is 10.6 Å². The number of anilines is 1. The summed E-state index contributed by atoms with van der Waals surface area (Å²) in [6.07, 6.45) is 1.30. The summed E-state index contributed by atoms with van der Waals surface area (Å²) in [7, 11) is 0. The smallest absolute Gasteiger partial charge is 0.270 e. The number of carbonyl (C=O) groups is 2. The van der Waals surface area contributed by atoms with Crippen LogP contribution in [0.5, 0.6) is 0 Å². The van der Waals surface area contributed by atoms with Gasteiger partial charge in [0, 0.05) is 50.8 Å². The van der Waals surface area contributed by atoms with E-state index in [1.807, 2.05) is 36.4 Å². The lowest BCUT2D eigenvalue weighted by Gasteiger charge is -2.06. The maximum atomic E-state index is 12.4. The van der Waals surface area contributed by atoms with Gasteiger partial charge in [0.15, 0.2) is 0 Å². The average molecular weight is 443 g/mol. The summed E-state index contributed by atoms with van der Waals surface area (Å²) in [6, 6.07) is 22.0. The van der Waals surface area contributed by atoms with E-state index in [9.17, 15) is 14.9 Å². The minimum atomic E-state index is -0.788. The molecule has 1 aromatic heterocycles. The molecule has 32 heavy (non-hydrogen) atoms. The van der Waals surface area contributed by atoms with Crippen LogP contribution in [0, 0.1) is 11.3 Å². The van der Waals surface area contributed by atoms with Crippen molar-refractivity contribution < 1.29 is 9.59 Å². The molecule has 0 unspecified atom stereocenters. The van der Waals surface area contributed by atoms with Gasteiger partial charge in [-0.25, -0.2) is 0 Å². The van der Waals surface area contributed by atoms with Crippen molar-refractivity contribution >= 4 is 50.9 Å². The average Bonchev–Trinajstić information content (AvgIpc) is 3.13. The summed E-state index contributed by atoms with van der Waals surface area (Å²) in [5.74, 6) is -1.40. The van der Waals surface area contributed by atoms with Gasteiger partial charge >= 0.3 is 0 Å². The van der Waals surface area contributed by atoms with Gasteiger partial charge in [-0.1, -0.05) is 29.8 Å². The Morgan fingerprint density at radius 2 is 1.75 bits per heavy atom. The molecule has 158 valence electrons. The number of nitrogens with zero attached hydrogens (tertiary/aromatic N) is 2. The second kappa shape index (κ2) is 8.96. The number of hydrogen-bond acceptors (Lipinski definition) is 4. The Morgan fingerprint density at radius 1 is 1.03 bits per heavy atom. The van der Waals surface area contributed by atoms with Gasteiger partial charge in [-0.05, 0) is 55.5 Å². The van der Waals surface area contributed by atoms with E-state index in [1.165, 1.54) is 18.3 Å². The lowest BCUT2D eigenvalue weighted by Crippen LogP contribution is -2.31. The Kier molecular flexibility index (Phi) is 5.93. The summed E-state index contributed by atoms with van der Waals surface area (Å²) >= 11 is 5.81. The van der Waals surface area contributed by atoms with Crippen molar-refractivity contribution in [3.63, 3.8) is 0 Å². The Labute approximate surface area is 189 Å². The monoisotopic (exact) mass is 442 g/mol. The Hall–Kier alpha value is -4.08. The summed E-state index contributed by atoms with van der Waals surface area (Å²) in [5, 5.41) is 17.3. The lowest BCUT2D eigenvalue weighted by atomic mass is 10.1. The number of para-hydroxylation sites is 1. The molecular formula is C25H19ClN4O2. The quantitative estimate of drug-likeness (QED) is 0.326. The van der Waals surface area contributed by atoms with Gasteiger partial charge in [-0.3, -0.25) is 14.9 Å². The highest BCUT2D eigenvalue weighted by atomic mass is 35.5. The van der Waals surface area contributed by atoms with Gasteiger partial charge < -0.3 is 9.88 Å². The van der Waals surface area contributed by atoms with Crippen LogP contribution in [0.15, 0.2) is 78.5 Å². The topological polar surface area (TPSA) is 86.9 Å². The first kappa shape index (κ1) is 21.2. The third-order valence-electron chi connectivity index (χ3n) is 5.17. The number of aryl methyl sites for hydroxylation is 1. The van der Waals surface area contributed by atoms with Gasteiger partial charge in [0.25, 0.3) is 11.8 Å². The Morgan fingerprint density at radius 3 is 2.47 bits per heavy atom. The molecule has 1 heterocycles. The van der Waals surface area contributed by atoms with Crippen LogP contribution in [0.25, 0.3) is 21.8 Å². The molecule has 0 bridgehead atoms. The lowest BCUT2D eigenvalue weighted by molar-refractivity contribution is -0.116. The normalized spacial score (nSPS) is 11.3. The standard InChI is InChI=1S/C25H19ClN4O2/c1-2-30-22-6-4-3-5-20(22)21-13-19(11-12-23(21)30)28-15-17(14-27)25(32)29-24(31)16-7-9-18(26)10-8-16/h3-13,15,28H,2H2,1H3,(H,29,31,32)/b17-15+.